The summed E-state index contributed by atoms with van der Waals surface area (Å²) in [6, 6.07) is 15.6. The van der Waals surface area contributed by atoms with Crippen molar-refractivity contribution in [1.82, 2.24) is 9.99 Å². The van der Waals surface area contributed by atoms with E-state index in [1.807, 2.05) is 19.1 Å². The maximum Gasteiger partial charge on any atom is 0.271 e. The molecule has 0 aliphatic rings. The number of carbonyl (C=O) groups excluding carboxylic acids is 1. The van der Waals surface area contributed by atoms with E-state index in [0.717, 1.165) is 22.4 Å². The fourth-order valence-corrected chi connectivity index (χ4v) is 3.33. The zero-order valence-corrected chi connectivity index (χ0v) is 16.2. The Hall–Kier alpha value is -3.08. The minimum Gasteiger partial charge on any atom is -0.494 e. The van der Waals surface area contributed by atoms with Crippen molar-refractivity contribution in [2.24, 2.45) is 5.10 Å². The summed E-state index contributed by atoms with van der Waals surface area (Å²) in [6.45, 7) is 8.92. The highest BCUT2D eigenvalue weighted by molar-refractivity contribution is 6.02. The van der Waals surface area contributed by atoms with E-state index in [9.17, 15) is 4.79 Å². The third kappa shape index (κ3) is 3.87. The zero-order valence-electron chi connectivity index (χ0n) is 16.2. The number of carbonyl (C=O) groups is 1. The second kappa shape index (κ2) is 8.08. The van der Waals surface area contributed by atoms with Crippen molar-refractivity contribution < 1.29 is 9.53 Å². The van der Waals surface area contributed by atoms with Gasteiger partial charge in [-0.1, -0.05) is 18.2 Å². The molecule has 3 aromatic rings. The number of hydrogen-bond donors (Lipinski definition) is 1. The van der Waals surface area contributed by atoms with E-state index in [4.69, 9.17) is 4.74 Å². The Morgan fingerprint density at radius 2 is 1.89 bits per heavy atom. The number of nitrogens with one attached hydrogen (secondary N) is 1. The standard InChI is InChI=1S/C22H25N3O2/c1-5-27-18-12-10-17(11-13-18)22(26)24-23-14-20-16(4)25(15(2)3)21-9-7-6-8-19(20)21/h6-15H,5H2,1-4H3,(H,24,26)/b23-14-. The number of rotatable bonds is 6. The highest BCUT2D eigenvalue weighted by atomic mass is 16.5. The number of amides is 1. The normalized spacial score (nSPS) is 11.4. The number of ether oxygens (including phenoxy) is 1. The maximum absolute atomic E-state index is 12.3. The van der Waals surface area contributed by atoms with Gasteiger partial charge in [-0.25, -0.2) is 5.43 Å². The molecule has 2 aromatic carbocycles. The lowest BCUT2D eigenvalue weighted by Crippen LogP contribution is -2.17. The third-order valence-corrected chi connectivity index (χ3v) is 4.51. The molecule has 0 unspecified atom stereocenters. The van der Waals surface area contributed by atoms with Crippen LogP contribution in [0, 0.1) is 6.92 Å². The van der Waals surface area contributed by atoms with Crippen LogP contribution in [0.25, 0.3) is 10.9 Å². The Labute approximate surface area is 159 Å². The number of aromatic nitrogens is 1. The predicted octanol–water partition coefficient (Wildman–Crippen LogP) is 4.69. The predicted molar refractivity (Wildman–Crippen MR) is 110 cm³/mol. The summed E-state index contributed by atoms with van der Waals surface area (Å²) < 4.78 is 7.67. The lowest BCUT2D eigenvalue weighted by Gasteiger charge is -2.12. The first-order valence-electron chi connectivity index (χ1n) is 9.18. The van der Waals surface area contributed by atoms with Gasteiger partial charge in [0.05, 0.1) is 12.8 Å². The summed E-state index contributed by atoms with van der Waals surface area (Å²) in [4.78, 5) is 12.3. The van der Waals surface area contributed by atoms with Gasteiger partial charge < -0.3 is 9.30 Å². The van der Waals surface area contributed by atoms with Crippen molar-refractivity contribution in [1.29, 1.82) is 0 Å². The van der Waals surface area contributed by atoms with Crippen LogP contribution in [-0.4, -0.2) is 23.3 Å². The number of para-hydroxylation sites is 1. The van der Waals surface area contributed by atoms with E-state index in [2.05, 4.69) is 48.0 Å². The first kappa shape index (κ1) is 18.7. The number of benzene rings is 2. The van der Waals surface area contributed by atoms with Gasteiger partial charge in [0.2, 0.25) is 0 Å². The molecule has 3 rings (SSSR count). The smallest absolute Gasteiger partial charge is 0.271 e. The summed E-state index contributed by atoms with van der Waals surface area (Å²) in [5, 5.41) is 5.32. The molecule has 140 valence electrons. The minimum absolute atomic E-state index is 0.250. The Morgan fingerprint density at radius 1 is 1.19 bits per heavy atom. The molecular formula is C22H25N3O2. The lowest BCUT2D eigenvalue weighted by molar-refractivity contribution is 0.0955. The second-order valence-corrected chi connectivity index (χ2v) is 6.64. The number of hydrazone groups is 1. The molecule has 1 amide bonds. The number of fused-ring (bicyclic) bond motifs is 1. The molecular weight excluding hydrogens is 338 g/mol. The molecule has 0 aliphatic heterocycles. The van der Waals surface area contributed by atoms with E-state index in [1.54, 1.807) is 30.5 Å². The molecule has 0 bridgehead atoms. The topological polar surface area (TPSA) is 55.6 Å². The highest BCUT2D eigenvalue weighted by Gasteiger charge is 2.14. The summed E-state index contributed by atoms with van der Waals surface area (Å²) >= 11 is 0. The van der Waals surface area contributed by atoms with Gasteiger partial charge in [0.1, 0.15) is 5.75 Å². The molecule has 0 aliphatic carbocycles. The molecule has 5 nitrogen and oxygen atoms in total. The first-order chi connectivity index (χ1) is 13.0. The lowest BCUT2D eigenvalue weighted by atomic mass is 10.1. The van der Waals surface area contributed by atoms with Gasteiger partial charge in [-0.2, -0.15) is 5.10 Å². The van der Waals surface area contributed by atoms with Crippen molar-refractivity contribution in [2.45, 2.75) is 33.7 Å². The van der Waals surface area contributed by atoms with Crippen LogP contribution < -0.4 is 10.2 Å². The molecule has 0 radical (unpaired) electrons. The molecule has 5 heteroatoms. The largest absolute Gasteiger partial charge is 0.494 e. The third-order valence-electron chi connectivity index (χ3n) is 4.51. The fraction of sp³-hybridized carbons (Fsp3) is 0.273. The van der Waals surface area contributed by atoms with Crippen molar-refractivity contribution in [3.63, 3.8) is 0 Å². The second-order valence-electron chi connectivity index (χ2n) is 6.64. The van der Waals surface area contributed by atoms with Gasteiger partial charge in [0, 0.05) is 33.8 Å². The zero-order chi connectivity index (χ0) is 19.4. The Morgan fingerprint density at radius 3 is 2.56 bits per heavy atom. The van der Waals surface area contributed by atoms with E-state index < -0.39 is 0 Å². The number of nitrogens with zero attached hydrogens (tertiary/aromatic N) is 2. The molecule has 0 spiro atoms. The quantitative estimate of drug-likeness (QED) is 0.510. The van der Waals surface area contributed by atoms with Gasteiger partial charge in [-0.3, -0.25) is 4.79 Å². The molecule has 1 aromatic heterocycles. The maximum atomic E-state index is 12.3. The van der Waals surface area contributed by atoms with Crippen molar-refractivity contribution >= 4 is 23.0 Å². The van der Waals surface area contributed by atoms with Crippen LogP contribution in [-0.2, 0) is 0 Å². The van der Waals surface area contributed by atoms with E-state index in [1.165, 1.54) is 5.52 Å². The Kier molecular flexibility index (Phi) is 5.60. The number of hydrogen-bond acceptors (Lipinski definition) is 3. The van der Waals surface area contributed by atoms with Gasteiger partial charge in [0.25, 0.3) is 5.91 Å². The van der Waals surface area contributed by atoms with Crippen LogP contribution in [0.5, 0.6) is 5.75 Å². The molecule has 1 heterocycles. The van der Waals surface area contributed by atoms with Crippen LogP contribution in [0.4, 0.5) is 0 Å². The van der Waals surface area contributed by atoms with Gasteiger partial charge in [0.15, 0.2) is 0 Å². The first-order valence-corrected chi connectivity index (χ1v) is 9.18. The summed E-state index contributed by atoms with van der Waals surface area (Å²) in [5.74, 6) is 0.495. The highest BCUT2D eigenvalue weighted by Crippen LogP contribution is 2.27. The Balaban J connectivity index is 1.80. The summed E-state index contributed by atoms with van der Waals surface area (Å²) in [5.41, 5.74) is 6.47. The fourth-order valence-electron chi connectivity index (χ4n) is 3.33. The van der Waals surface area contributed by atoms with Gasteiger partial charge >= 0.3 is 0 Å². The molecule has 0 fully saturated rings. The molecule has 0 saturated heterocycles. The van der Waals surface area contributed by atoms with E-state index >= 15 is 0 Å². The van der Waals surface area contributed by atoms with Crippen LogP contribution in [0.15, 0.2) is 53.6 Å². The van der Waals surface area contributed by atoms with Crippen LogP contribution in [0.2, 0.25) is 0 Å². The van der Waals surface area contributed by atoms with Gasteiger partial charge in [-0.05, 0) is 58.0 Å². The summed E-state index contributed by atoms with van der Waals surface area (Å²) in [7, 11) is 0. The minimum atomic E-state index is -0.250. The van der Waals surface area contributed by atoms with Crippen molar-refractivity contribution in [3.8, 4) is 5.75 Å². The van der Waals surface area contributed by atoms with Crippen molar-refractivity contribution in [3.05, 3.63) is 65.4 Å². The monoisotopic (exact) mass is 363 g/mol. The van der Waals surface area contributed by atoms with Gasteiger partial charge in [-0.15, -0.1) is 0 Å². The molecule has 1 N–H and O–H groups in total. The van der Waals surface area contributed by atoms with Crippen molar-refractivity contribution in [2.75, 3.05) is 6.61 Å². The average molecular weight is 363 g/mol. The molecule has 0 saturated carbocycles. The van der Waals surface area contributed by atoms with Crippen LogP contribution in [0.3, 0.4) is 0 Å². The molecule has 0 atom stereocenters. The van der Waals surface area contributed by atoms with E-state index in [-0.39, 0.29) is 5.91 Å². The van der Waals surface area contributed by atoms with Crippen LogP contribution >= 0.6 is 0 Å². The van der Waals surface area contributed by atoms with Crippen LogP contribution in [0.1, 0.15) is 48.4 Å². The van der Waals surface area contributed by atoms with E-state index in [0.29, 0.717) is 18.2 Å². The SMILES string of the molecule is CCOc1ccc(C(=O)N/N=C\c2c(C)n(C(C)C)c3ccccc23)cc1. The summed E-state index contributed by atoms with van der Waals surface area (Å²) in [6.07, 6.45) is 1.73. The average Bonchev–Trinajstić information content (AvgIpc) is 2.94. The molecule has 27 heavy (non-hydrogen) atoms. The Bertz CT molecular complexity index is 969.